The Balaban J connectivity index is 1.79. The van der Waals surface area contributed by atoms with Gasteiger partial charge in [-0.05, 0) is 43.8 Å². The highest BCUT2D eigenvalue weighted by molar-refractivity contribution is 8.01. The summed E-state index contributed by atoms with van der Waals surface area (Å²) in [6.45, 7) is 8.06. The molecule has 9 heteroatoms. The molecule has 7 nitrogen and oxygen atoms in total. The van der Waals surface area contributed by atoms with Crippen LogP contribution in [-0.2, 0) is 9.53 Å². The normalized spacial score (nSPS) is 11.0. The van der Waals surface area contributed by atoms with Crippen molar-refractivity contribution in [1.29, 1.82) is 0 Å². The van der Waals surface area contributed by atoms with E-state index in [1.165, 1.54) is 29.5 Å². The fourth-order valence-corrected chi connectivity index (χ4v) is 3.59. The summed E-state index contributed by atoms with van der Waals surface area (Å²) in [6, 6.07) is 5.54. The SMILES string of the molecule is C=Nc1ccc(/N=N/c2nnc(SCC(=O)OCCCCCC)s2)c(C)c1. The third kappa shape index (κ3) is 7.56. The van der Waals surface area contributed by atoms with E-state index in [1.54, 1.807) is 0 Å². The number of nitrogens with zero attached hydrogens (tertiary/aromatic N) is 5. The minimum atomic E-state index is -0.235. The largest absolute Gasteiger partial charge is 0.465 e. The van der Waals surface area contributed by atoms with Crippen molar-refractivity contribution in [3.8, 4) is 0 Å². The molecule has 1 aromatic carbocycles. The highest BCUT2D eigenvalue weighted by Gasteiger charge is 2.09. The molecule has 27 heavy (non-hydrogen) atoms. The fourth-order valence-electron chi connectivity index (χ4n) is 2.13. The van der Waals surface area contributed by atoms with Crippen LogP contribution in [0.1, 0.15) is 38.2 Å². The van der Waals surface area contributed by atoms with Crippen molar-refractivity contribution in [3.63, 3.8) is 0 Å². The minimum Gasteiger partial charge on any atom is -0.465 e. The average Bonchev–Trinajstić information content (AvgIpc) is 3.13. The van der Waals surface area contributed by atoms with Crippen molar-refractivity contribution in [1.82, 2.24) is 10.2 Å². The quantitative estimate of drug-likeness (QED) is 0.155. The lowest BCUT2D eigenvalue weighted by Crippen LogP contribution is -2.08. The highest BCUT2D eigenvalue weighted by Crippen LogP contribution is 2.30. The molecule has 0 N–H and O–H groups in total. The van der Waals surface area contributed by atoms with E-state index in [4.69, 9.17) is 4.74 Å². The highest BCUT2D eigenvalue weighted by atomic mass is 32.2. The number of unbranched alkanes of at least 4 members (excludes halogenated alkanes) is 3. The first-order valence-corrected chi connectivity index (χ1v) is 10.5. The Morgan fingerprint density at radius 2 is 2.11 bits per heavy atom. The summed E-state index contributed by atoms with van der Waals surface area (Å²) in [7, 11) is 0. The first-order chi connectivity index (χ1) is 13.1. The number of aryl methyl sites for hydroxylation is 1. The number of thioether (sulfide) groups is 1. The van der Waals surface area contributed by atoms with Crippen LogP contribution in [0.25, 0.3) is 0 Å². The molecule has 0 aliphatic carbocycles. The molecule has 0 spiro atoms. The smallest absolute Gasteiger partial charge is 0.316 e. The van der Waals surface area contributed by atoms with Crippen molar-refractivity contribution in [2.45, 2.75) is 43.9 Å². The Morgan fingerprint density at radius 3 is 2.85 bits per heavy atom. The lowest BCUT2D eigenvalue weighted by atomic mass is 10.2. The number of rotatable bonds is 11. The molecule has 0 radical (unpaired) electrons. The van der Waals surface area contributed by atoms with Crippen molar-refractivity contribution < 1.29 is 9.53 Å². The molecule has 0 saturated heterocycles. The van der Waals surface area contributed by atoms with Crippen molar-refractivity contribution in [2.75, 3.05) is 12.4 Å². The first kappa shape index (κ1) is 21.2. The molecule has 0 bridgehead atoms. The minimum absolute atomic E-state index is 0.217. The van der Waals surface area contributed by atoms with Gasteiger partial charge in [0.25, 0.3) is 5.13 Å². The summed E-state index contributed by atoms with van der Waals surface area (Å²) in [4.78, 5) is 15.6. The Bertz CT molecular complexity index is 792. The zero-order chi connectivity index (χ0) is 19.5. The van der Waals surface area contributed by atoms with E-state index in [2.05, 4.69) is 39.1 Å². The van der Waals surface area contributed by atoms with Crippen LogP contribution in [0.2, 0.25) is 0 Å². The summed E-state index contributed by atoms with van der Waals surface area (Å²) in [5, 5.41) is 16.7. The van der Waals surface area contributed by atoms with Gasteiger partial charge in [0.1, 0.15) is 0 Å². The van der Waals surface area contributed by atoms with Crippen LogP contribution in [-0.4, -0.2) is 35.2 Å². The van der Waals surface area contributed by atoms with E-state index in [0.29, 0.717) is 16.1 Å². The molecule has 0 aliphatic rings. The second-order valence-corrected chi connectivity index (χ2v) is 7.93. The lowest BCUT2D eigenvalue weighted by Gasteiger charge is -2.03. The zero-order valence-corrected chi connectivity index (χ0v) is 17.2. The van der Waals surface area contributed by atoms with E-state index in [9.17, 15) is 4.79 Å². The third-order valence-corrected chi connectivity index (χ3v) is 5.49. The first-order valence-electron chi connectivity index (χ1n) is 8.73. The lowest BCUT2D eigenvalue weighted by molar-refractivity contribution is -0.140. The molecule has 1 aromatic heterocycles. The zero-order valence-electron chi connectivity index (χ0n) is 15.6. The topological polar surface area (TPSA) is 89.2 Å². The molecular weight excluding hydrogens is 382 g/mol. The number of azo groups is 1. The Kier molecular flexibility index (Phi) is 9.06. The molecule has 0 aliphatic heterocycles. The predicted octanol–water partition coefficient (Wildman–Crippen LogP) is 5.81. The number of benzene rings is 1. The fraction of sp³-hybridized carbons (Fsp3) is 0.444. The Morgan fingerprint density at radius 1 is 1.26 bits per heavy atom. The molecule has 0 unspecified atom stereocenters. The molecule has 2 rings (SSSR count). The van der Waals surface area contributed by atoms with Gasteiger partial charge in [-0.3, -0.25) is 9.79 Å². The molecule has 0 atom stereocenters. The molecule has 0 saturated carbocycles. The predicted molar refractivity (Wildman–Crippen MR) is 110 cm³/mol. The summed E-state index contributed by atoms with van der Waals surface area (Å²) >= 11 is 2.58. The van der Waals surface area contributed by atoms with Gasteiger partial charge in [0.15, 0.2) is 4.34 Å². The second kappa shape index (κ2) is 11.6. The molecular formula is C18H23N5O2S2. The van der Waals surface area contributed by atoms with Crippen LogP contribution in [0.4, 0.5) is 16.5 Å². The van der Waals surface area contributed by atoms with Crippen molar-refractivity contribution >= 4 is 52.3 Å². The molecule has 0 amide bonds. The molecule has 144 valence electrons. The van der Waals surface area contributed by atoms with Gasteiger partial charge in [0, 0.05) is 0 Å². The number of hydrogen-bond donors (Lipinski definition) is 0. The summed E-state index contributed by atoms with van der Waals surface area (Å²) in [5.41, 5.74) is 2.47. The number of carbonyl (C=O) groups excluding carboxylic acids is 1. The summed E-state index contributed by atoms with van der Waals surface area (Å²) in [5.74, 6) is -0.0179. The van der Waals surface area contributed by atoms with E-state index >= 15 is 0 Å². The maximum absolute atomic E-state index is 11.7. The van der Waals surface area contributed by atoms with Gasteiger partial charge >= 0.3 is 5.97 Å². The van der Waals surface area contributed by atoms with Crippen LogP contribution >= 0.6 is 23.1 Å². The molecule has 0 fully saturated rings. The van der Waals surface area contributed by atoms with Crippen LogP contribution in [0, 0.1) is 6.92 Å². The van der Waals surface area contributed by atoms with E-state index in [-0.39, 0.29) is 11.7 Å². The number of aromatic nitrogens is 2. The Hall–Kier alpha value is -2.13. The van der Waals surface area contributed by atoms with Gasteiger partial charge in [-0.25, -0.2) is 0 Å². The van der Waals surface area contributed by atoms with Gasteiger partial charge in [0.2, 0.25) is 0 Å². The summed E-state index contributed by atoms with van der Waals surface area (Å²) in [6.07, 6.45) is 4.34. The Labute approximate surface area is 167 Å². The number of ether oxygens (including phenoxy) is 1. The van der Waals surface area contributed by atoms with E-state index in [0.717, 1.165) is 36.2 Å². The number of hydrogen-bond acceptors (Lipinski definition) is 9. The number of aliphatic imine (C=N–C) groups is 1. The number of carbonyl (C=O) groups is 1. The van der Waals surface area contributed by atoms with Gasteiger partial charge < -0.3 is 4.74 Å². The van der Waals surface area contributed by atoms with Gasteiger partial charge in [-0.15, -0.1) is 20.4 Å². The number of esters is 1. The van der Waals surface area contributed by atoms with Gasteiger partial charge in [-0.2, -0.15) is 0 Å². The van der Waals surface area contributed by atoms with Gasteiger partial charge in [-0.1, -0.05) is 49.3 Å². The standard InChI is InChI=1S/C18H23N5O2S2/c1-4-5-6-7-10-25-16(24)12-26-18-23-22-17(27-18)21-20-15-9-8-14(19-3)11-13(15)2/h8-9,11H,3-7,10,12H2,1-2H3/b21-20+. The maximum atomic E-state index is 11.7. The van der Waals surface area contributed by atoms with Crippen LogP contribution in [0.3, 0.4) is 0 Å². The van der Waals surface area contributed by atoms with Crippen molar-refractivity contribution in [3.05, 3.63) is 23.8 Å². The van der Waals surface area contributed by atoms with E-state index < -0.39 is 0 Å². The van der Waals surface area contributed by atoms with Crippen LogP contribution < -0.4 is 0 Å². The van der Waals surface area contributed by atoms with Crippen LogP contribution in [0.5, 0.6) is 0 Å². The average molecular weight is 406 g/mol. The van der Waals surface area contributed by atoms with E-state index in [1.807, 2.05) is 25.1 Å². The molecule has 2 aromatic rings. The van der Waals surface area contributed by atoms with Crippen molar-refractivity contribution in [2.24, 2.45) is 15.2 Å². The molecule has 1 heterocycles. The summed E-state index contributed by atoms with van der Waals surface area (Å²) < 4.78 is 5.86. The maximum Gasteiger partial charge on any atom is 0.316 e. The van der Waals surface area contributed by atoms with Crippen LogP contribution in [0.15, 0.2) is 37.8 Å². The van der Waals surface area contributed by atoms with Gasteiger partial charge in [0.05, 0.1) is 23.7 Å². The second-order valence-electron chi connectivity index (χ2n) is 5.75. The monoisotopic (exact) mass is 405 g/mol. The third-order valence-electron chi connectivity index (χ3n) is 3.58.